The lowest BCUT2D eigenvalue weighted by Gasteiger charge is -2.29. The Hall–Kier alpha value is -1.81. The summed E-state index contributed by atoms with van der Waals surface area (Å²) in [6.07, 6.45) is 8.76. The molecule has 1 saturated heterocycles. The van der Waals surface area contributed by atoms with Crippen LogP contribution < -0.4 is 10.2 Å². The highest BCUT2D eigenvalue weighted by atomic mass is 15.1. The van der Waals surface area contributed by atoms with E-state index in [1.807, 2.05) is 0 Å². The minimum absolute atomic E-state index is 0.551. The molecule has 0 bridgehead atoms. The van der Waals surface area contributed by atoms with Crippen molar-refractivity contribution in [2.24, 2.45) is 0 Å². The van der Waals surface area contributed by atoms with Gasteiger partial charge in [0, 0.05) is 50.5 Å². The summed E-state index contributed by atoms with van der Waals surface area (Å²) in [6.45, 7) is 7.61. The Morgan fingerprint density at radius 1 is 1.04 bits per heavy atom. The van der Waals surface area contributed by atoms with Crippen LogP contribution in [0.3, 0.4) is 0 Å². The first-order valence-electron chi connectivity index (χ1n) is 9.88. The fourth-order valence-electron chi connectivity index (χ4n) is 4.27. The predicted molar refractivity (Wildman–Crippen MR) is 103 cm³/mol. The summed E-state index contributed by atoms with van der Waals surface area (Å²) < 4.78 is 2.35. The van der Waals surface area contributed by atoms with Gasteiger partial charge in [0.1, 0.15) is 5.82 Å². The van der Waals surface area contributed by atoms with E-state index in [9.17, 15) is 0 Å². The lowest BCUT2D eigenvalue weighted by Crippen LogP contribution is -2.29. The monoisotopic (exact) mass is 338 g/mol. The van der Waals surface area contributed by atoms with Crippen LogP contribution in [-0.2, 0) is 13.1 Å². The van der Waals surface area contributed by atoms with Gasteiger partial charge in [-0.1, -0.05) is 12.1 Å². The quantitative estimate of drug-likeness (QED) is 0.899. The number of rotatable bonds is 5. The molecule has 4 rings (SSSR count). The normalized spacial score (nSPS) is 20.5. The second-order valence-corrected chi connectivity index (χ2v) is 7.62. The van der Waals surface area contributed by atoms with Crippen LogP contribution in [0.5, 0.6) is 0 Å². The van der Waals surface area contributed by atoms with Gasteiger partial charge in [-0.05, 0) is 56.7 Å². The number of nitrogens with one attached hydrogen (secondary N) is 1. The zero-order valence-electron chi connectivity index (χ0n) is 15.4. The largest absolute Gasteiger partial charge is 0.372 e. The average Bonchev–Trinajstić information content (AvgIpc) is 3.04. The van der Waals surface area contributed by atoms with E-state index in [1.165, 1.54) is 62.3 Å². The van der Waals surface area contributed by atoms with Crippen molar-refractivity contribution < 1.29 is 0 Å². The molecule has 4 heteroatoms. The maximum Gasteiger partial charge on any atom is 0.113 e. The van der Waals surface area contributed by atoms with Gasteiger partial charge in [-0.3, -0.25) is 0 Å². The summed E-state index contributed by atoms with van der Waals surface area (Å²) in [5.74, 6) is 1.83. The number of nitrogens with zero attached hydrogens (tertiary/aromatic N) is 3. The van der Waals surface area contributed by atoms with Crippen molar-refractivity contribution in [2.75, 3.05) is 24.5 Å². The Morgan fingerprint density at radius 3 is 2.64 bits per heavy atom. The van der Waals surface area contributed by atoms with Crippen molar-refractivity contribution in [3.05, 3.63) is 47.5 Å². The van der Waals surface area contributed by atoms with Crippen LogP contribution in [0, 0.1) is 6.92 Å². The van der Waals surface area contributed by atoms with E-state index in [-0.39, 0.29) is 0 Å². The molecule has 0 unspecified atom stereocenters. The third-order valence-corrected chi connectivity index (χ3v) is 5.62. The van der Waals surface area contributed by atoms with Gasteiger partial charge in [-0.15, -0.1) is 0 Å². The molecule has 0 radical (unpaired) electrons. The molecule has 2 aliphatic rings. The van der Waals surface area contributed by atoms with Crippen molar-refractivity contribution >= 4 is 5.69 Å². The summed E-state index contributed by atoms with van der Waals surface area (Å²) in [7, 11) is 0. The number of piperidine rings is 1. The molecular formula is C21H30N4. The van der Waals surface area contributed by atoms with Crippen molar-refractivity contribution in [1.29, 1.82) is 0 Å². The molecule has 4 nitrogen and oxygen atoms in total. The fraction of sp³-hybridized carbons (Fsp3) is 0.571. The van der Waals surface area contributed by atoms with Gasteiger partial charge in [0.05, 0.1) is 5.69 Å². The van der Waals surface area contributed by atoms with Gasteiger partial charge in [0.25, 0.3) is 0 Å². The lowest BCUT2D eigenvalue weighted by molar-refractivity contribution is 0.423. The van der Waals surface area contributed by atoms with Crippen LogP contribution in [0.25, 0.3) is 0 Å². The minimum Gasteiger partial charge on any atom is -0.372 e. The zero-order valence-corrected chi connectivity index (χ0v) is 15.4. The van der Waals surface area contributed by atoms with Crippen LogP contribution in [0.15, 0.2) is 30.5 Å². The topological polar surface area (TPSA) is 33.1 Å². The first kappa shape index (κ1) is 16.6. The first-order chi connectivity index (χ1) is 12.3. The molecular weight excluding hydrogens is 308 g/mol. The molecule has 1 aromatic carbocycles. The highest BCUT2D eigenvalue weighted by molar-refractivity contribution is 5.47. The molecule has 134 valence electrons. The summed E-state index contributed by atoms with van der Waals surface area (Å²) in [6, 6.07) is 9.14. The Bertz CT molecular complexity index is 682. The van der Waals surface area contributed by atoms with E-state index < -0.39 is 0 Å². The van der Waals surface area contributed by atoms with E-state index in [2.05, 4.69) is 52.2 Å². The number of hydrogen-bond acceptors (Lipinski definition) is 3. The molecule has 1 N–H and O–H groups in total. The molecule has 2 aromatic rings. The summed E-state index contributed by atoms with van der Waals surface area (Å²) in [5, 5.41) is 3.65. The van der Waals surface area contributed by atoms with Crippen LogP contribution in [-0.4, -0.2) is 29.2 Å². The number of hydrogen-bond donors (Lipinski definition) is 1. The van der Waals surface area contributed by atoms with E-state index >= 15 is 0 Å². The summed E-state index contributed by atoms with van der Waals surface area (Å²) in [5.41, 5.74) is 3.90. The molecule has 1 aromatic heterocycles. The zero-order chi connectivity index (χ0) is 17.1. The van der Waals surface area contributed by atoms with Gasteiger partial charge in [-0.2, -0.15) is 0 Å². The lowest BCUT2D eigenvalue weighted by atomic mass is 9.99. The average molecular weight is 338 g/mol. The van der Waals surface area contributed by atoms with Gasteiger partial charge >= 0.3 is 0 Å². The van der Waals surface area contributed by atoms with Crippen molar-refractivity contribution in [3.63, 3.8) is 0 Å². The highest BCUT2D eigenvalue weighted by Gasteiger charge is 2.21. The summed E-state index contributed by atoms with van der Waals surface area (Å²) >= 11 is 0. The molecule has 3 heterocycles. The van der Waals surface area contributed by atoms with Gasteiger partial charge in [0.15, 0.2) is 0 Å². The second kappa shape index (κ2) is 7.61. The van der Waals surface area contributed by atoms with Crippen LogP contribution in [0.4, 0.5) is 5.69 Å². The molecule has 1 fully saturated rings. The van der Waals surface area contributed by atoms with Crippen LogP contribution in [0.1, 0.15) is 55.1 Å². The Kier molecular flexibility index (Phi) is 5.07. The molecule has 0 spiro atoms. The minimum atomic E-state index is 0.551. The van der Waals surface area contributed by atoms with Crippen molar-refractivity contribution in [1.82, 2.24) is 14.9 Å². The second-order valence-electron chi connectivity index (χ2n) is 7.62. The third-order valence-electron chi connectivity index (χ3n) is 5.62. The molecule has 0 aliphatic carbocycles. The number of imidazole rings is 1. The Morgan fingerprint density at radius 2 is 1.84 bits per heavy atom. The predicted octanol–water partition coefficient (Wildman–Crippen LogP) is 3.85. The third kappa shape index (κ3) is 3.90. The van der Waals surface area contributed by atoms with Crippen molar-refractivity contribution in [2.45, 2.75) is 58.0 Å². The highest BCUT2D eigenvalue weighted by Crippen LogP contribution is 2.26. The molecule has 2 aliphatic heterocycles. The number of anilines is 1. The maximum atomic E-state index is 4.74. The number of aryl methyl sites for hydroxylation is 2. The number of benzene rings is 1. The van der Waals surface area contributed by atoms with E-state index in [0.29, 0.717) is 5.92 Å². The van der Waals surface area contributed by atoms with E-state index in [0.717, 1.165) is 25.3 Å². The first-order valence-corrected chi connectivity index (χ1v) is 9.88. The fourth-order valence-corrected chi connectivity index (χ4v) is 4.27. The van der Waals surface area contributed by atoms with Crippen molar-refractivity contribution in [3.8, 4) is 0 Å². The van der Waals surface area contributed by atoms with Gasteiger partial charge < -0.3 is 14.8 Å². The molecule has 25 heavy (non-hydrogen) atoms. The molecule has 1 atom stereocenters. The number of aromatic nitrogens is 2. The standard InChI is InChI=1S/C21H30N4/c1-17-16-25-13-5-6-19(21(25)23-17)15-22-14-18-7-9-20(10-8-18)24-11-3-2-4-12-24/h7-10,16,19,22H,2-6,11-15H2,1H3/t19-/m0/s1. The number of fused-ring (bicyclic) bond motifs is 1. The van der Waals surface area contributed by atoms with Gasteiger partial charge in [-0.25, -0.2) is 4.98 Å². The van der Waals surface area contributed by atoms with E-state index in [4.69, 9.17) is 4.98 Å². The SMILES string of the molecule is Cc1cn2c(n1)[C@H](CNCc1ccc(N3CCCCC3)cc1)CCC2. The smallest absolute Gasteiger partial charge is 0.113 e. The Balaban J connectivity index is 1.30. The summed E-state index contributed by atoms with van der Waals surface area (Å²) in [4.78, 5) is 7.26. The van der Waals surface area contributed by atoms with Crippen LogP contribution >= 0.6 is 0 Å². The van der Waals surface area contributed by atoms with E-state index in [1.54, 1.807) is 0 Å². The molecule has 0 saturated carbocycles. The Labute approximate surface area is 151 Å². The maximum absolute atomic E-state index is 4.74. The molecule has 0 amide bonds. The van der Waals surface area contributed by atoms with Crippen LogP contribution in [0.2, 0.25) is 0 Å². The van der Waals surface area contributed by atoms with Gasteiger partial charge in [0.2, 0.25) is 0 Å².